The van der Waals surface area contributed by atoms with Crippen LogP contribution in [0.4, 0.5) is 0 Å². The fourth-order valence-electron chi connectivity index (χ4n) is 1.84. The molecule has 72 valence electrons. The van der Waals surface area contributed by atoms with E-state index in [1.807, 2.05) is 0 Å². The van der Waals surface area contributed by atoms with Gasteiger partial charge in [-0.2, -0.15) is 0 Å². The molecule has 0 N–H and O–H groups in total. The molecule has 0 aromatic heterocycles. The minimum absolute atomic E-state index is 0.0889. The summed E-state index contributed by atoms with van der Waals surface area (Å²) in [7, 11) is 0. The Hall–Kier alpha value is -0.850. The van der Waals surface area contributed by atoms with Crippen LogP contribution < -0.4 is 0 Å². The Morgan fingerprint density at radius 2 is 2.00 bits per heavy atom. The highest BCUT2D eigenvalue weighted by atomic mass is 16.1. The minimum atomic E-state index is -0.0889. The Balaban J connectivity index is 2.66. The quantitative estimate of drug-likeness (QED) is 0.606. The summed E-state index contributed by atoms with van der Waals surface area (Å²) >= 11 is 0. The number of Topliss-reactive ketones (excluding diaryl/α,β-unsaturated/α-hetero) is 1. The average Bonchev–Trinajstić information content (AvgIpc) is 1.94. The summed E-state index contributed by atoms with van der Waals surface area (Å²) in [6.07, 6.45) is 4.84. The SMILES string of the molecule is C=C1CC(CC=C(C)C)(C(C)=O)C1. The highest BCUT2D eigenvalue weighted by molar-refractivity contribution is 5.84. The van der Waals surface area contributed by atoms with Gasteiger partial charge in [-0.25, -0.2) is 0 Å². The fraction of sp³-hybridized carbons (Fsp3) is 0.583. The molecule has 1 aliphatic carbocycles. The molecule has 0 aromatic rings. The van der Waals surface area contributed by atoms with Crippen molar-refractivity contribution in [2.45, 2.75) is 40.0 Å². The van der Waals surface area contributed by atoms with E-state index in [1.54, 1.807) is 6.92 Å². The molecule has 0 saturated heterocycles. The smallest absolute Gasteiger partial charge is 0.136 e. The van der Waals surface area contributed by atoms with E-state index < -0.39 is 0 Å². The third-order valence-corrected chi connectivity index (χ3v) is 2.82. The van der Waals surface area contributed by atoms with E-state index in [-0.39, 0.29) is 5.41 Å². The Morgan fingerprint density at radius 1 is 1.46 bits per heavy atom. The molecule has 1 aliphatic rings. The molecule has 0 spiro atoms. The van der Waals surface area contributed by atoms with Gasteiger partial charge in [0.15, 0.2) is 0 Å². The molecule has 0 atom stereocenters. The van der Waals surface area contributed by atoms with Gasteiger partial charge in [0.2, 0.25) is 0 Å². The molecule has 1 nitrogen and oxygen atoms in total. The molecule has 0 amide bonds. The summed E-state index contributed by atoms with van der Waals surface area (Å²) in [6.45, 7) is 9.73. The first kappa shape index (κ1) is 10.2. The van der Waals surface area contributed by atoms with Gasteiger partial charge in [-0.1, -0.05) is 23.8 Å². The van der Waals surface area contributed by atoms with Crippen LogP contribution in [-0.4, -0.2) is 5.78 Å². The molecule has 0 radical (unpaired) electrons. The summed E-state index contributed by atoms with van der Waals surface area (Å²) < 4.78 is 0. The van der Waals surface area contributed by atoms with Crippen LogP contribution in [0.2, 0.25) is 0 Å². The van der Waals surface area contributed by atoms with Crippen molar-refractivity contribution in [3.63, 3.8) is 0 Å². The third kappa shape index (κ3) is 2.09. The zero-order valence-corrected chi connectivity index (χ0v) is 8.81. The second-order valence-electron chi connectivity index (χ2n) is 4.43. The van der Waals surface area contributed by atoms with Gasteiger partial charge in [-0.05, 0) is 40.0 Å². The van der Waals surface area contributed by atoms with Gasteiger partial charge in [-0.3, -0.25) is 4.79 Å². The van der Waals surface area contributed by atoms with Crippen LogP contribution in [0.15, 0.2) is 23.8 Å². The lowest BCUT2D eigenvalue weighted by Gasteiger charge is -2.41. The molecule has 0 aliphatic heterocycles. The molecular weight excluding hydrogens is 160 g/mol. The maximum absolute atomic E-state index is 11.4. The zero-order chi connectivity index (χ0) is 10.1. The number of hydrogen-bond acceptors (Lipinski definition) is 1. The molecule has 1 rings (SSSR count). The summed E-state index contributed by atoms with van der Waals surface area (Å²) in [5, 5.41) is 0. The van der Waals surface area contributed by atoms with E-state index in [9.17, 15) is 4.79 Å². The lowest BCUT2D eigenvalue weighted by Crippen LogP contribution is -2.37. The standard InChI is InChI=1S/C12H18O/c1-9(2)5-6-12(11(4)13)7-10(3)8-12/h5H,3,6-8H2,1-2,4H3. The minimum Gasteiger partial charge on any atom is -0.299 e. The van der Waals surface area contributed by atoms with Crippen LogP contribution in [0.3, 0.4) is 0 Å². The van der Waals surface area contributed by atoms with E-state index >= 15 is 0 Å². The number of carbonyl (C=O) groups is 1. The van der Waals surface area contributed by atoms with Gasteiger partial charge in [0.05, 0.1) is 0 Å². The predicted molar refractivity (Wildman–Crippen MR) is 55.5 cm³/mol. The van der Waals surface area contributed by atoms with E-state index in [2.05, 4.69) is 26.5 Å². The van der Waals surface area contributed by atoms with Crippen molar-refractivity contribution in [1.29, 1.82) is 0 Å². The molecule has 0 aromatic carbocycles. The predicted octanol–water partition coefficient (Wildman–Crippen LogP) is 3.27. The van der Waals surface area contributed by atoms with Crippen molar-refractivity contribution in [3.05, 3.63) is 23.8 Å². The van der Waals surface area contributed by atoms with Crippen molar-refractivity contribution >= 4 is 5.78 Å². The van der Waals surface area contributed by atoms with Crippen molar-refractivity contribution in [2.75, 3.05) is 0 Å². The van der Waals surface area contributed by atoms with Gasteiger partial charge in [0.1, 0.15) is 5.78 Å². The Morgan fingerprint density at radius 3 is 2.31 bits per heavy atom. The second kappa shape index (κ2) is 3.49. The Kier molecular flexibility index (Phi) is 2.74. The van der Waals surface area contributed by atoms with Crippen LogP contribution in [0.1, 0.15) is 40.0 Å². The van der Waals surface area contributed by atoms with Crippen molar-refractivity contribution in [3.8, 4) is 0 Å². The largest absolute Gasteiger partial charge is 0.299 e. The normalized spacial score (nSPS) is 19.2. The van der Waals surface area contributed by atoms with Crippen molar-refractivity contribution < 1.29 is 4.79 Å². The highest BCUT2D eigenvalue weighted by Gasteiger charge is 2.42. The monoisotopic (exact) mass is 178 g/mol. The summed E-state index contributed by atoms with van der Waals surface area (Å²) in [5.74, 6) is 0.317. The van der Waals surface area contributed by atoms with Crippen molar-refractivity contribution in [1.82, 2.24) is 0 Å². The molecule has 1 saturated carbocycles. The molecule has 0 bridgehead atoms. The van der Waals surface area contributed by atoms with Gasteiger partial charge >= 0.3 is 0 Å². The topological polar surface area (TPSA) is 17.1 Å². The fourth-order valence-corrected chi connectivity index (χ4v) is 1.84. The molecule has 13 heavy (non-hydrogen) atoms. The number of ketones is 1. The van der Waals surface area contributed by atoms with Crippen LogP contribution >= 0.6 is 0 Å². The maximum Gasteiger partial charge on any atom is 0.136 e. The van der Waals surface area contributed by atoms with Gasteiger partial charge in [0.25, 0.3) is 0 Å². The number of rotatable bonds is 3. The molecule has 1 fully saturated rings. The number of hydrogen-bond donors (Lipinski definition) is 0. The van der Waals surface area contributed by atoms with E-state index in [4.69, 9.17) is 0 Å². The summed E-state index contributed by atoms with van der Waals surface area (Å²) in [6, 6.07) is 0. The number of carbonyl (C=O) groups excluding carboxylic acids is 1. The van der Waals surface area contributed by atoms with Crippen LogP contribution in [-0.2, 0) is 4.79 Å². The zero-order valence-electron chi connectivity index (χ0n) is 8.81. The maximum atomic E-state index is 11.4. The Bertz CT molecular complexity index is 259. The number of allylic oxidation sites excluding steroid dienone is 3. The van der Waals surface area contributed by atoms with E-state index in [0.29, 0.717) is 5.78 Å². The van der Waals surface area contributed by atoms with Gasteiger partial charge < -0.3 is 0 Å². The molecule has 0 heterocycles. The first-order chi connectivity index (χ1) is 5.96. The molecular formula is C12H18O. The van der Waals surface area contributed by atoms with Crippen LogP contribution in [0.25, 0.3) is 0 Å². The second-order valence-corrected chi connectivity index (χ2v) is 4.43. The average molecular weight is 178 g/mol. The van der Waals surface area contributed by atoms with E-state index in [0.717, 1.165) is 19.3 Å². The van der Waals surface area contributed by atoms with Crippen molar-refractivity contribution in [2.24, 2.45) is 5.41 Å². The third-order valence-electron chi connectivity index (χ3n) is 2.82. The van der Waals surface area contributed by atoms with Crippen LogP contribution in [0, 0.1) is 5.41 Å². The van der Waals surface area contributed by atoms with E-state index in [1.165, 1.54) is 11.1 Å². The Labute approximate surface area is 80.5 Å². The lowest BCUT2D eigenvalue weighted by molar-refractivity contribution is -0.128. The molecule has 0 unspecified atom stereocenters. The molecule has 1 heteroatoms. The summed E-state index contributed by atoms with van der Waals surface area (Å²) in [5.41, 5.74) is 2.42. The first-order valence-corrected chi connectivity index (χ1v) is 4.77. The summed E-state index contributed by atoms with van der Waals surface area (Å²) in [4.78, 5) is 11.4. The van der Waals surface area contributed by atoms with Gasteiger partial charge in [0, 0.05) is 5.41 Å². The van der Waals surface area contributed by atoms with Gasteiger partial charge in [-0.15, -0.1) is 0 Å². The lowest BCUT2D eigenvalue weighted by atomic mass is 9.62. The highest BCUT2D eigenvalue weighted by Crippen LogP contribution is 2.48. The first-order valence-electron chi connectivity index (χ1n) is 4.77. The van der Waals surface area contributed by atoms with Crippen LogP contribution in [0.5, 0.6) is 0 Å².